The predicted octanol–water partition coefficient (Wildman–Crippen LogP) is 1.28. The van der Waals surface area contributed by atoms with Crippen LogP contribution in [-0.4, -0.2) is 36.3 Å². The van der Waals surface area contributed by atoms with Crippen LogP contribution in [0.2, 0.25) is 0 Å². The molecule has 2 N–H and O–H groups in total. The molecule has 0 unspecified atom stereocenters. The lowest BCUT2D eigenvalue weighted by Crippen LogP contribution is -2.40. The Kier molecular flexibility index (Phi) is 6.08. The molecular weight excluding hydrogens is 254 g/mol. The number of aromatic nitrogens is 1. The van der Waals surface area contributed by atoms with Crippen molar-refractivity contribution in [1.82, 2.24) is 15.2 Å². The van der Waals surface area contributed by atoms with Crippen molar-refractivity contribution < 1.29 is 9.53 Å². The topological polar surface area (TPSA) is 55.3 Å². The molecule has 0 radical (unpaired) electrons. The van der Waals surface area contributed by atoms with Gasteiger partial charge in [0.25, 0.3) is 0 Å². The van der Waals surface area contributed by atoms with Crippen LogP contribution in [-0.2, 0) is 22.6 Å². The predicted molar refractivity (Wildman–Crippen MR) is 78.4 cm³/mol. The van der Waals surface area contributed by atoms with Gasteiger partial charge in [-0.2, -0.15) is 0 Å². The van der Waals surface area contributed by atoms with E-state index in [1.165, 1.54) is 0 Å². The second kappa shape index (κ2) is 8.07. The molecule has 0 bridgehead atoms. The van der Waals surface area contributed by atoms with Crippen LogP contribution < -0.4 is 10.6 Å². The summed E-state index contributed by atoms with van der Waals surface area (Å²) in [7, 11) is 0. The Morgan fingerprint density at radius 1 is 1.45 bits per heavy atom. The van der Waals surface area contributed by atoms with E-state index in [-0.39, 0.29) is 11.9 Å². The summed E-state index contributed by atoms with van der Waals surface area (Å²) in [6, 6.07) is 4.32. The van der Waals surface area contributed by atoms with E-state index in [0.717, 1.165) is 51.3 Å². The van der Waals surface area contributed by atoms with Crippen LogP contribution in [0.1, 0.15) is 31.9 Å². The average Bonchev–Trinajstić information content (AvgIpc) is 2.87. The second-order valence-corrected chi connectivity index (χ2v) is 5.26. The van der Waals surface area contributed by atoms with Crippen LogP contribution in [0.25, 0.3) is 0 Å². The number of carbonyl (C=O) groups excluding carboxylic acids is 1. The van der Waals surface area contributed by atoms with Gasteiger partial charge >= 0.3 is 0 Å². The first-order valence-electron chi connectivity index (χ1n) is 7.51. The molecule has 0 aliphatic carbocycles. The van der Waals surface area contributed by atoms with Crippen LogP contribution in [0.5, 0.6) is 0 Å². The van der Waals surface area contributed by atoms with E-state index in [1.54, 1.807) is 0 Å². The van der Waals surface area contributed by atoms with E-state index in [9.17, 15) is 4.79 Å². The number of nitrogens with zero attached hydrogens (tertiary/aromatic N) is 1. The first-order valence-corrected chi connectivity index (χ1v) is 7.51. The van der Waals surface area contributed by atoms with Gasteiger partial charge in [0, 0.05) is 37.7 Å². The number of hydrogen-bond acceptors (Lipinski definition) is 3. The van der Waals surface area contributed by atoms with Gasteiger partial charge in [-0.3, -0.25) is 4.79 Å². The molecule has 1 saturated heterocycles. The molecular formula is C15H25N3O2. The molecule has 0 atom stereocenters. The molecule has 2 rings (SSSR count). The lowest BCUT2D eigenvalue weighted by atomic mass is 10.1. The minimum Gasteiger partial charge on any atom is -0.381 e. The number of amides is 1. The Hall–Kier alpha value is -1.33. The summed E-state index contributed by atoms with van der Waals surface area (Å²) in [6.07, 6.45) is 4.92. The molecule has 5 heteroatoms. The standard InChI is InChI=1S/C15H25N3O2/c1-2-7-16-11-14-4-3-8-18(14)12-15(19)17-13-5-9-20-10-6-13/h3-4,8,13,16H,2,5-7,9-12H2,1H3,(H,17,19). The highest BCUT2D eigenvalue weighted by molar-refractivity contribution is 5.76. The van der Waals surface area contributed by atoms with Crippen molar-refractivity contribution in [3.05, 3.63) is 24.0 Å². The number of rotatable bonds is 7. The van der Waals surface area contributed by atoms with Gasteiger partial charge in [0.1, 0.15) is 6.54 Å². The fourth-order valence-corrected chi connectivity index (χ4v) is 2.43. The van der Waals surface area contributed by atoms with Crippen LogP contribution in [0, 0.1) is 0 Å². The quantitative estimate of drug-likeness (QED) is 0.739. The minimum atomic E-state index is 0.0878. The van der Waals surface area contributed by atoms with Crippen molar-refractivity contribution in [2.45, 2.75) is 45.3 Å². The summed E-state index contributed by atoms with van der Waals surface area (Å²) < 4.78 is 7.31. The molecule has 1 fully saturated rings. The molecule has 1 aromatic heterocycles. The number of hydrogen-bond donors (Lipinski definition) is 2. The fourth-order valence-electron chi connectivity index (χ4n) is 2.43. The fraction of sp³-hybridized carbons (Fsp3) is 0.667. The van der Waals surface area contributed by atoms with Gasteiger partial charge in [0.15, 0.2) is 0 Å². The van der Waals surface area contributed by atoms with Crippen LogP contribution in [0.3, 0.4) is 0 Å². The van der Waals surface area contributed by atoms with Crippen molar-refractivity contribution in [2.24, 2.45) is 0 Å². The first kappa shape index (κ1) is 15.1. The third kappa shape index (κ3) is 4.65. The van der Waals surface area contributed by atoms with Crippen molar-refractivity contribution >= 4 is 5.91 Å². The molecule has 20 heavy (non-hydrogen) atoms. The lowest BCUT2D eigenvalue weighted by Gasteiger charge is -2.23. The lowest BCUT2D eigenvalue weighted by molar-refractivity contribution is -0.123. The average molecular weight is 279 g/mol. The Morgan fingerprint density at radius 2 is 2.25 bits per heavy atom. The molecule has 0 aromatic carbocycles. The van der Waals surface area contributed by atoms with E-state index in [4.69, 9.17) is 4.74 Å². The van der Waals surface area contributed by atoms with E-state index >= 15 is 0 Å². The maximum atomic E-state index is 12.1. The zero-order valence-electron chi connectivity index (χ0n) is 12.2. The Labute approximate surface area is 120 Å². The molecule has 0 saturated carbocycles. The highest BCUT2D eigenvalue weighted by Gasteiger charge is 2.16. The molecule has 2 heterocycles. The summed E-state index contributed by atoms with van der Waals surface area (Å²) in [5.41, 5.74) is 1.15. The van der Waals surface area contributed by atoms with Crippen molar-refractivity contribution in [3.8, 4) is 0 Å². The van der Waals surface area contributed by atoms with Crippen molar-refractivity contribution in [1.29, 1.82) is 0 Å². The van der Waals surface area contributed by atoms with Gasteiger partial charge in [-0.15, -0.1) is 0 Å². The molecule has 1 aliphatic heterocycles. The zero-order valence-corrected chi connectivity index (χ0v) is 12.2. The maximum absolute atomic E-state index is 12.1. The Morgan fingerprint density at radius 3 is 3.00 bits per heavy atom. The van der Waals surface area contributed by atoms with Gasteiger partial charge < -0.3 is 19.9 Å². The number of carbonyl (C=O) groups is 1. The first-order chi connectivity index (χ1) is 9.79. The van der Waals surface area contributed by atoms with Crippen LogP contribution in [0.15, 0.2) is 18.3 Å². The third-order valence-corrected chi connectivity index (χ3v) is 3.56. The highest BCUT2D eigenvalue weighted by atomic mass is 16.5. The normalized spacial score (nSPS) is 16.2. The number of ether oxygens (including phenoxy) is 1. The summed E-state index contributed by atoms with van der Waals surface area (Å²) in [5, 5.41) is 6.45. The smallest absolute Gasteiger partial charge is 0.240 e. The van der Waals surface area contributed by atoms with E-state index in [2.05, 4.69) is 23.6 Å². The van der Waals surface area contributed by atoms with Crippen LogP contribution in [0.4, 0.5) is 0 Å². The SMILES string of the molecule is CCCNCc1cccn1CC(=O)NC1CCOCC1. The summed E-state index contributed by atoms with van der Waals surface area (Å²) in [5.74, 6) is 0.0878. The van der Waals surface area contributed by atoms with E-state index in [1.807, 2.05) is 16.8 Å². The van der Waals surface area contributed by atoms with E-state index in [0.29, 0.717) is 6.54 Å². The largest absolute Gasteiger partial charge is 0.381 e. The maximum Gasteiger partial charge on any atom is 0.240 e. The van der Waals surface area contributed by atoms with Gasteiger partial charge in [0.2, 0.25) is 5.91 Å². The third-order valence-electron chi connectivity index (χ3n) is 3.56. The van der Waals surface area contributed by atoms with Gasteiger partial charge in [-0.1, -0.05) is 6.92 Å². The van der Waals surface area contributed by atoms with Crippen molar-refractivity contribution in [2.75, 3.05) is 19.8 Å². The highest BCUT2D eigenvalue weighted by Crippen LogP contribution is 2.07. The van der Waals surface area contributed by atoms with Crippen LogP contribution >= 0.6 is 0 Å². The van der Waals surface area contributed by atoms with Gasteiger partial charge in [0.05, 0.1) is 0 Å². The molecule has 5 nitrogen and oxygen atoms in total. The molecule has 1 aliphatic rings. The second-order valence-electron chi connectivity index (χ2n) is 5.26. The summed E-state index contributed by atoms with van der Waals surface area (Å²) >= 11 is 0. The molecule has 0 spiro atoms. The summed E-state index contributed by atoms with van der Waals surface area (Å²) in [4.78, 5) is 12.1. The minimum absolute atomic E-state index is 0.0878. The molecule has 112 valence electrons. The number of nitrogens with one attached hydrogen (secondary N) is 2. The zero-order chi connectivity index (χ0) is 14.2. The monoisotopic (exact) mass is 279 g/mol. The Balaban J connectivity index is 1.79. The van der Waals surface area contributed by atoms with Gasteiger partial charge in [-0.25, -0.2) is 0 Å². The van der Waals surface area contributed by atoms with Gasteiger partial charge in [-0.05, 0) is 37.9 Å². The van der Waals surface area contributed by atoms with Crippen molar-refractivity contribution in [3.63, 3.8) is 0 Å². The molecule has 1 aromatic rings. The molecule has 1 amide bonds. The Bertz CT molecular complexity index is 411. The summed E-state index contributed by atoms with van der Waals surface area (Å²) in [6.45, 7) is 5.85. The van der Waals surface area contributed by atoms with E-state index < -0.39 is 0 Å².